The van der Waals surface area contributed by atoms with Gasteiger partial charge >= 0.3 is 0 Å². The Balaban J connectivity index is 2.14. The molecule has 1 aromatic carbocycles. The molecule has 0 saturated carbocycles. The van der Waals surface area contributed by atoms with Gasteiger partial charge in [-0.25, -0.2) is 9.37 Å². The molecule has 100 valence electrons. The van der Waals surface area contributed by atoms with Gasteiger partial charge in [-0.3, -0.25) is 4.79 Å². The normalized spacial score (nSPS) is 10.4. The Bertz CT molecular complexity index is 640. The number of nitrogens with two attached hydrogens (primary N) is 2. The fraction of sp³-hybridized carbons (Fsp3) is 0.167. The zero-order valence-electron chi connectivity index (χ0n) is 10.1. The molecular weight excluding hydrogens is 249 g/mol. The van der Waals surface area contributed by atoms with Crippen LogP contribution >= 0.6 is 0 Å². The fourth-order valence-electron chi connectivity index (χ4n) is 1.59. The molecule has 1 aromatic heterocycles. The molecule has 0 radical (unpaired) electrons. The molecule has 0 aliphatic rings. The van der Waals surface area contributed by atoms with Gasteiger partial charge < -0.3 is 21.8 Å². The van der Waals surface area contributed by atoms with E-state index in [1.54, 1.807) is 12.1 Å². The van der Waals surface area contributed by atoms with Crippen LogP contribution in [0.1, 0.15) is 11.1 Å². The third-order valence-corrected chi connectivity index (χ3v) is 2.69. The Morgan fingerprint density at radius 2 is 2.21 bits per heavy atom. The first-order valence-electron chi connectivity index (χ1n) is 5.66. The first-order valence-corrected chi connectivity index (χ1v) is 5.66. The molecule has 0 saturated heterocycles. The van der Waals surface area contributed by atoms with Gasteiger partial charge in [0.2, 0.25) is 0 Å². The van der Waals surface area contributed by atoms with Crippen LogP contribution in [0.2, 0.25) is 0 Å². The van der Waals surface area contributed by atoms with Crippen LogP contribution in [-0.2, 0) is 13.1 Å². The van der Waals surface area contributed by atoms with E-state index in [1.165, 1.54) is 12.4 Å². The van der Waals surface area contributed by atoms with E-state index in [9.17, 15) is 9.18 Å². The summed E-state index contributed by atoms with van der Waals surface area (Å²) >= 11 is 0. The van der Waals surface area contributed by atoms with Gasteiger partial charge in [-0.2, -0.15) is 0 Å². The lowest BCUT2D eigenvalue weighted by Crippen LogP contribution is -2.16. The van der Waals surface area contributed by atoms with E-state index in [1.807, 2.05) is 0 Å². The van der Waals surface area contributed by atoms with Gasteiger partial charge in [0.15, 0.2) is 5.82 Å². The summed E-state index contributed by atoms with van der Waals surface area (Å²) in [6, 6.07) is 4.76. The van der Waals surface area contributed by atoms with Crippen LogP contribution in [0.3, 0.4) is 0 Å². The second kappa shape index (κ2) is 5.49. The Kier molecular flexibility index (Phi) is 3.76. The van der Waals surface area contributed by atoms with E-state index < -0.39 is 5.56 Å². The van der Waals surface area contributed by atoms with Crippen molar-refractivity contribution in [1.29, 1.82) is 0 Å². The molecule has 6 nitrogen and oxygen atoms in total. The first kappa shape index (κ1) is 13.0. The van der Waals surface area contributed by atoms with Gasteiger partial charge in [0.05, 0.1) is 6.33 Å². The van der Waals surface area contributed by atoms with Crippen molar-refractivity contribution in [3.8, 4) is 0 Å². The summed E-state index contributed by atoms with van der Waals surface area (Å²) in [5.74, 6) is -0.134. The fourth-order valence-corrected chi connectivity index (χ4v) is 1.59. The predicted octanol–water partition coefficient (Wildman–Crippen LogP) is 0.562. The summed E-state index contributed by atoms with van der Waals surface area (Å²) in [4.78, 5) is 17.5. The van der Waals surface area contributed by atoms with Crippen molar-refractivity contribution >= 4 is 11.5 Å². The third-order valence-electron chi connectivity index (χ3n) is 2.69. The molecular formula is C12H14FN5O. The number of aromatic amines is 1. The summed E-state index contributed by atoms with van der Waals surface area (Å²) in [5, 5.41) is 2.82. The van der Waals surface area contributed by atoms with E-state index in [4.69, 9.17) is 11.5 Å². The largest absolute Gasteiger partial charge is 0.391 e. The van der Waals surface area contributed by atoms with E-state index in [-0.39, 0.29) is 30.4 Å². The van der Waals surface area contributed by atoms with Crippen LogP contribution in [0.25, 0.3) is 0 Å². The van der Waals surface area contributed by atoms with E-state index >= 15 is 0 Å². The number of hydrogen-bond donors (Lipinski definition) is 4. The lowest BCUT2D eigenvalue weighted by molar-refractivity contribution is 0.610. The Morgan fingerprint density at radius 3 is 2.89 bits per heavy atom. The maximum Gasteiger partial charge on any atom is 0.276 e. The maximum atomic E-state index is 13.7. The standard InChI is InChI=1S/C12H14FN5O/c13-9-3-7(4-14)1-2-8(9)5-16-11-10(15)12(19)18-6-17-11/h1-3,6H,4-5,14-15H2,(H2,16,17,18,19). The second-order valence-corrected chi connectivity index (χ2v) is 3.98. The number of nitrogen functional groups attached to an aromatic ring is 1. The second-order valence-electron chi connectivity index (χ2n) is 3.98. The molecule has 0 spiro atoms. The van der Waals surface area contributed by atoms with Crippen LogP contribution < -0.4 is 22.3 Å². The molecule has 0 bridgehead atoms. The first-order chi connectivity index (χ1) is 9.11. The zero-order valence-corrected chi connectivity index (χ0v) is 10.1. The quantitative estimate of drug-likeness (QED) is 0.644. The van der Waals surface area contributed by atoms with Crippen LogP contribution in [0.4, 0.5) is 15.9 Å². The van der Waals surface area contributed by atoms with Gasteiger partial charge in [0.25, 0.3) is 5.56 Å². The maximum absolute atomic E-state index is 13.7. The minimum Gasteiger partial charge on any atom is -0.391 e. The predicted molar refractivity (Wildman–Crippen MR) is 70.9 cm³/mol. The summed E-state index contributed by atoms with van der Waals surface area (Å²) in [5.41, 5.74) is 11.7. The molecule has 6 N–H and O–H groups in total. The molecule has 19 heavy (non-hydrogen) atoms. The number of nitrogens with one attached hydrogen (secondary N) is 2. The molecule has 0 aliphatic carbocycles. The molecule has 7 heteroatoms. The molecule has 2 rings (SSSR count). The molecule has 0 amide bonds. The molecule has 1 heterocycles. The van der Waals surface area contributed by atoms with Crippen LogP contribution in [0, 0.1) is 5.82 Å². The summed E-state index contributed by atoms with van der Waals surface area (Å²) in [7, 11) is 0. The number of anilines is 2. The number of aromatic nitrogens is 2. The summed E-state index contributed by atoms with van der Waals surface area (Å²) in [6.45, 7) is 0.463. The highest BCUT2D eigenvalue weighted by atomic mass is 19.1. The van der Waals surface area contributed by atoms with Crippen molar-refractivity contribution < 1.29 is 4.39 Å². The van der Waals surface area contributed by atoms with Crippen molar-refractivity contribution in [2.24, 2.45) is 5.73 Å². The highest BCUT2D eigenvalue weighted by Gasteiger charge is 2.06. The molecule has 0 unspecified atom stereocenters. The summed E-state index contributed by atoms with van der Waals surface area (Å²) < 4.78 is 13.7. The number of rotatable bonds is 4. The summed E-state index contributed by atoms with van der Waals surface area (Å²) in [6.07, 6.45) is 1.23. The Labute approximate surface area is 108 Å². The number of H-pyrrole nitrogens is 1. The molecule has 0 atom stereocenters. The number of benzene rings is 1. The Hall–Kier alpha value is -2.41. The smallest absolute Gasteiger partial charge is 0.276 e. The van der Waals surface area contributed by atoms with Crippen molar-refractivity contribution in [3.63, 3.8) is 0 Å². The van der Waals surface area contributed by atoms with Gasteiger partial charge in [-0.05, 0) is 11.6 Å². The van der Waals surface area contributed by atoms with Crippen molar-refractivity contribution in [2.75, 3.05) is 11.1 Å². The van der Waals surface area contributed by atoms with Gasteiger partial charge in [-0.1, -0.05) is 12.1 Å². The SMILES string of the molecule is NCc1ccc(CNc2nc[nH]c(=O)c2N)c(F)c1. The zero-order chi connectivity index (χ0) is 13.8. The number of halogens is 1. The lowest BCUT2D eigenvalue weighted by Gasteiger charge is -2.08. The average Bonchev–Trinajstić information content (AvgIpc) is 2.41. The molecule has 2 aromatic rings. The minimum atomic E-state index is -0.434. The highest BCUT2D eigenvalue weighted by Crippen LogP contribution is 2.14. The highest BCUT2D eigenvalue weighted by molar-refractivity contribution is 5.59. The monoisotopic (exact) mass is 263 g/mol. The third kappa shape index (κ3) is 2.89. The van der Waals surface area contributed by atoms with E-state index in [2.05, 4.69) is 15.3 Å². The van der Waals surface area contributed by atoms with Crippen molar-refractivity contribution in [3.05, 3.63) is 51.8 Å². The van der Waals surface area contributed by atoms with Crippen LogP contribution in [0.5, 0.6) is 0 Å². The number of hydrogen-bond acceptors (Lipinski definition) is 5. The Morgan fingerprint density at radius 1 is 1.42 bits per heavy atom. The van der Waals surface area contributed by atoms with Gasteiger partial charge in [0, 0.05) is 18.7 Å². The lowest BCUT2D eigenvalue weighted by atomic mass is 10.1. The number of nitrogens with zero attached hydrogens (tertiary/aromatic N) is 1. The average molecular weight is 263 g/mol. The van der Waals surface area contributed by atoms with Gasteiger partial charge in [0.1, 0.15) is 11.5 Å². The van der Waals surface area contributed by atoms with Crippen molar-refractivity contribution in [1.82, 2.24) is 9.97 Å². The van der Waals surface area contributed by atoms with Crippen LogP contribution in [-0.4, -0.2) is 9.97 Å². The van der Waals surface area contributed by atoms with E-state index in [0.717, 1.165) is 5.56 Å². The molecule has 0 aliphatic heterocycles. The van der Waals surface area contributed by atoms with Crippen LogP contribution in [0.15, 0.2) is 29.3 Å². The molecule has 0 fully saturated rings. The topological polar surface area (TPSA) is 110 Å². The minimum absolute atomic E-state index is 0.0264. The van der Waals surface area contributed by atoms with Gasteiger partial charge in [-0.15, -0.1) is 0 Å². The van der Waals surface area contributed by atoms with E-state index in [0.29, 0.717) is 5.56 Å². The van der Waals surface area contributed by atoms with Crippen molar-refractivity contribution in [2.45, 2.75) is 13.1 Å².